The molecule has 2 aromatic rings. The molecule has 0 saturated carbocycles. The van der Waals surface area contributed by atoms with E-state index >= 15 is 0 Å². The van der Waals surface area contributed by atoms with Crippen LogP contribution in [0.25, 0.3) is 11.1 Å². The molecule has 1 aliphatic carbocycles. The number of ether oxygens (including phenoxy) is 2. The van der Waals surface area contributed by atoms with Crippen LogP contribution in [0.3, 0.4) is 0 Å². The Balaban J connectivity index is 1.34. The smallest absolute Gasteiger partial charge is 0.407 e. The Morgan fingerprint density at radius 1 is 1.09 bits per heavy atom. The van der Waals surface area contributed by atoms with Gasteiger partial charge in [0.05, 0.1) is 12.5 Å². The molecule has 0 radical (unpaired) electrons. The quantitative estimate of drug-likeness (QED) is 0.476. The second-order valence-electron chi connectivity index (χ2n) is 9.10. The molecular formula is C27H32N2O6. The molecule has 3 N–H and O–H groups in total. The van der Waals surface area contributed by atoms with Gasteiger partial charge in [-0.2, -0.15) is 0 Å². The van der Waals surface area contributed by atoms with Crippen molar-refractivity contribution in [2.75, 3.05) is 13.2 Å². The van der Waals surface area contributed by atoms with Gasteiger partial charge in [0.1, 0.15) is 6.61 Å². The lowest BCUT2D eigenvalue weighted by atomic mass is 9.98. The first-order valence-electron chi connectivity index (χ1n) is 12.2. The predicted octanol–water partition coefficient (Wildman–Crippen LogP) is 3.83. The first-order valence-corrected chi connectivity index (χ1v) is 12.2. The molecule has 8 nitrogen and oxygen atoms in total. The van der Waals surface area contributed by atoms with Crippen molar-refractivity contribution in [3.05, 3.63) is 59.7 Å². The van der Waals surface area contributed by atoms with Crippen molar-refractivity contribution < 1.29 is 29.0 Å². The summed E-state index contributed by atoms with van der Waals surface area (Å²) in [4.78, 5) is 36.6. The van der Waals surface area contributed by atoms with E-state index in [1.54, 1.807) is 0 Å². The minimum absolute atomic E-state index is 0.0533. The Bertz CT molecular complexity index is 1030. The summed E-state index contributed by atoms with van der Waals surface area (Å²) in [5, 5.41) is 14.7. The van der Waals surface area contributed by atoms with Gasteiger partial charge in [0, 0.05) is 18.6 Å². The number of aliphatic carboxylic acids is 1. The molecule has 1 heterocycles. The number of carboxylic acids is 1. The summed E-state index contributed by atoms with van der Waals surface area (Å²) >= 11 is 0. The minimum Gasteiger partial charge on any atom is -0.481 e. The van der Waals surface area contributed by atoms with Gasteiger partial charge in [-0.3, -0.25) is 9.59 Å². The molecule has 2 amide bonds. The van der Waals surface area contributed by atoms with E-state index < -0.39 is 36.2 Å². The lowest BCUT2D eigenvalue weighted by Gasteiger charge is -2.23. The summed E-state index contributed by atoms with van der Waals surface area (Å²) in [6, 6.07) is 15.2. The fourth-order valence-electron chi connectivity index (χ4n) is 4.96. The number of carbonyl (C=O) groups excluding carboxylic acids is 2. The monoisotopic (exact) mass is 480 g/mol. The van der Waals surface area contributed by atoms with Crippen molar-refractivity contribution in [2.24, 2.45) is 0 Å². The highest BCUT2D eigenvalue weighted by molar-refractivity contribution is 5.84. The zero-order chi connectivity index (χ0) is 24.8. The Morgan fingerprint density at radius 2 is 1.74 bits per heavy atom. The Labute approximate surface area is 205 Å². The fraction of sp³-hybridized carbons (Fsp3) is 0.444. The van der Waals surface area contributed by atoms with Gasteiger partial charge < -0.3 is 25.2 Å². The van der Waals surface area contributed by atoms with Crippen molar-refractivity contribution >= 4 is 18.0 Å². The summed E-state index contributed by atoms with van der Waals surface area (Å²) in [6.07, 6.45) is 1.13. The molecule has 1 saturated heterocycles. The highest BCUT2D eigenvalue weighted by Crippen LogP contribution is 2.44. The molecular weight excluding hydrogens is 448 g/mol. The highest BCUT2D eigenvalue weighted by atomic mass is 16.6. The SMILES string of the molecule is CCCCC(CC(=O)O)NC(=O)C1OCCC1NC(=O)OCC1c2ccccc2-c2ccccc21. The van der Waals surface area contributed by atoms with E-state index in [1.165, 1.54) is 0 Å². The van der Waals surface area contributed by atoms with Gasteiger partial charge in [0.2, 0.25) is 0 Å². The molecule has 2 aromatic carbocycles. The van der Waals surface area contributed by atoms with E-state index in [2.05, 4.69) is 34.9 Å². The number of unbranched alkanes of at least 4 members (excludes halogenated alkanes) is 1. The summed E-state index contributed by atoms with van der Waals surface area (Å²) in [7, 11) is 0. The van der Waals surface area contributed by atoms with Crippen LogP contribution in [0.15, 0.2) is 48.5 Å². The third-order valence-electron chi connectivity index (χ3n) is 6.67. The molecule has 35 heavy (non-hydrogen) atoms. The van der Waals surface area contributed by atoms with Gasteiger partial charge in [-0.1, -0.05) is 68.3 Å². The van der Waals surface area contributed by atoms with E-state index in [1.807, 2.05) is 31.2 Å². The average Bonchev–Trinajstić information content (AvgIpc) is 3.43. The second-order valence-corrected chi connectivity index (χ2v) is 9.10. The zero-order valence-electron chi connectivity index (χ0n) is 19.9. The minimum atomic E-state index is -0.966. The van der Waals surface area contributed by atoms with Crippen molar-refractivity contribution in [1.29, 1.82) is 0 Å². The number of rotatable bonds is 10. The molecule has 0 bridgehead atoms. The van der Waals surface area contributed by atoms with Crippen LogP contribution in [-0.2, 0) is 19.1 Å². The Hall–Kier alpha value is -3.39. The van der Waals surface area contributed by atoms with Gasteiger partial charge in [-0.25, -0.2) is 4.79 Å². The molecule has 4 rings (SSSR count). The standard InChI is InChI=1S/C27H32N2O6/c1-2-3-8-17(15-24(30)31)28-26(32)25-23(13-14-34-25)29-27(33)35-16-22-20-11-6-4-9-18(20)19-10-5-7-12-21(19)22/h4-7,9-12,17,22-23,25H,2-3,8,13-16H2,1H3,(H,28,32)(H,29,33)(H,30,31). The van der Waals surface area contributed by atoms with Crippen LogP contribution < -0.4 is 10.6 Å². The van der Waals surface area contributed by atoms with Crippen LogP contribution in [0.2, 0.25) is 0 Å². The summed E-state index contributed by atoms with van der Waals surface area (Å²) in [6.45, 7) is 2.51. The number of fused-ring (bicyclic) bond motifs is 3. The summed E-state index contributed by atoms with van der Waals surface area (Å²) in [5.74, 6) is -1.43. The number of nitrogens with one attached hydrogen (secondary N) is 2. The Kier molecular flexibility index (Phi) is 8.02. The first-order chi connectivity index (χ1) is 17.0. The van der Waals surface area contributed by atoms with E-state index in [0.29, 0.717) is 19.4 Å². The van der Waals surface area contributed by atoms with E-state index in [0.717, 1.165) is 35.1 Å². The molecule has 0 aromatic heterocycles. The Morgan fingerprint density at radius 3 is 2.37 bits per heavy atom. The number of hydrogen-bond acceptors (Lipinski definition) is 5. The number of alkyl carbamates (subject to hydrolysis) is 1. The van der Waals surface area contributed by atoms with Crippen molar-refractivity contribution in [2.45, 2.75) is 63.1 Å². The van der Waals surface area contributed by atoms with E-state index in [9.17, 15) is 14.4 Å². The lowest BCUT2D eigenvalue weighted by molar-refractivity contribution is -0.138. The third kappa shape index (κ3) is 5.82. The van der Waals surface area contributed by atoms with Gasteiger partial charge in [0.15, 0.2) is 6.10 Å². The number of hydrogen-bond donors (Lipinski definition) is 3. The van der Waals surface area contributed by atoms with Crippen molar-refractivity contribution in [1.82, 2.24) is 10.6 Å². The van der Waals surface area contributed by atoms with E-state index in [-0.39, 0.29) is 18.9 Å². The van der Waals surface area contributed by atoms with Gasteiger partial charge >= 0.3 is 12.1 Å². The fourth-order valence-corrected chi connectivity index (χ4v) is 4.96. The van der Waals surface area contributed by atoms with Crippen molar-refractivity contribution in [3.63, 3.8) is 0 Å². The summed E-state index contributed by atoms with van der Waals surface area (Å²) < 4.78 is 11.2. The normalized spacial score (nSPS) is 19.5. The molecule has 186 valence electrons. The maximum atomic E-state index is 12.8. The molecule has 2 aliphatic rings. The highest BCUT2D eigenvalue weighted by Gasteiger charge is 2.37. The van der Waals surface area contributed by atoms with Crippen LogP contribution in [-0.4, -0.2) is 54.5 Å². The molecule has 3 atom stereocenters. The first kappa shape index (κ1) is 24.7. The molecule has 1 fully saturated rings. The van der Waals surface area contributed by atoms with E-state index in [4.69, 9.17) is 14.6 Å². The van der Waals surface area contributed by atoms with Gasteiger partial charge in [-0.15, -0.1) is 0 Å². The average molecular weight is 481 g/mol. The number of amides is 2. The molecule has 8 heteroatoms. The molecule has 0 spiro atoms. The predicted molar refractivity (Wildman–Crippen MR) is 130 cm³/mol. The van der Waals surface area contributed by atoms with Gasteiger partial charge in [0.25, 0.3) is 5.91 Å². The van der Waals surface area contributed by atoms with Crippen molar-refractivity contribution in [3.8, 4) is 11.1 Å². The summed E-state index contributed by atoms with van der Waals surface area (Å²) in [5.41, 5.74) is 4.55. The topological polar surface area (TPSA) is 114 Å². The maximum Gasteiger partial charge on any atom is 0.407 e. The number of benzene rings is 2. The largest absolute Gasteiger partial charge is 0.481 e. The molecule has 3 unspecified atom stereocenters. The second kappa shape index (κ2) is 11.4. The zero-order valence-corrected chi connectivity index (χ0v) is 19.9. The van der Waals surface area contributed by atoms with Crippen LogP contribution >= 0.6 is 0 Å². The van der Waals surface area contributed by atoms with Crippen LogP contribution in [0, 0.1) is 0 Å². The molecule has 1 aliphatic heterocycles. The van der Waals surface area contributed by atoms with Crippen LogP contribution in [0.1, 0.15) is 56.1 Å². The maximum absolute atomic E-state index is 12.8. The van der Waals surface area contributed by atoms with Gasteiger partial charge in [-0.05, 0) is 35.1 Å². The number of carbonyl (C=O) groups is 3. The van der Waals surface area contributed by atoms with Crippen LogP contribution in [0.4, 0.5) is 4.79 Å². The van der Waals surface area contributed by atoms with Crippen LogP contribution in [0.5, 0.6) is 0 Å². The lowest BCUT2D eigenvalue weighted by Crippen LogP contribution is -2.51. The third-order valence-corrected chi connectivity index (χ3v) is 6.67. The number of carboxylic acid groups (broad SMARTS) is 1.